The molecular weight excluding hydrogens is 324 g/mol. The van der Waals surface area contributed by atoms with Crippen LogP contribution in [0.3, 0.4) is 0 Å². The Kier molecular flexibility index (Phi) is 4.61. The number of hydrogen-bond donors (Lipinski definition) is 1. The smallest absolute Gasteiger partial charge is 0.214 e. The number of nitrogens with zero attached hydrogens (tertiary/aromatic N) is 4. The van der Waals surface area contributed by atoms with Crippen molar-refractivity contribution in [2.24, 2.45) is 0 Å². The molecule has 0 fully saturated rings. The fourth-order valence-electron chi connectivity index (χ4n) is 2.11. The zero-order valence-electron chi connectivity index (χ0n) is 13.3. The van der Waals surface area contributed by atoms with E-state index in [0.29, 0.717) is 10.7 Å². The van der Waals surface area contributed by atoms with Crippen molar-refractivity contribution in [1.29, 1.82) is 0 Å². The Hall–Kier alpha value is -2.67. The van der Waals surface area contributed by atoms with E-state index in [9.17, 15) is 9.90 Å². The van der Waals surface area contributed by atoms with Gasteiger partial charge in [0.2, 0.25) is 5.16 Å². The minimum absolute atomic E-state index is 0.0891. The summed E-state index contributed by atoms with van der Waals surface area (Å²) in [6.45, 7) is 3.79. The Morgan fingerprint density at radius 2 is 1.92 bits per heavy atom. The Bertz CT molecular complexity index is 875. The molecule has 1 N–H and O–H groups in total. The van der Waals surface area contributed by atoms with Gasteiger partial charge >= 0.3 is 0 Å². The normalized spacial score (nSPS) is 10.8. The molecule has 0 radical (unpaired) electrons. The van der Waals surface area contributed by atoms with Crippen molar-refractivity contribution in [2.75, 3.05) is 5.75 Å². The highest BCUT2D eigenvalue weighted by atomic mass is 32.2. The predicted molar refractivity (Wildman–Crippen MR) is 91.8 cm³/mol. The van der Waals surface area contributed by atoms with Gasteiger partial charge in [0.25, 0.3) is 0 Å². The molecule has 7 heteroatoms. The third kappa shape index (κ3) is 3.46. The topological polar surface area (TPSA) is 80.9 Å². The van der Waals surface area contributed by atoms with Crippen molar-refractivity contribution < 1.29 is 9.90 Å². The van der Waals surface area contributed by atoms with Crippen LogP contribution in [0.1, 0.15) is 21.5 Å². The highest BCUT2D eigenvalue weighted by molar-refractivity contribution is 7.99. The van der Waals surface area contributed by atoms with Crippen molar-refractivity contribution in [3.63, 3.8) is 0 Å². The minimum Gasteiger partial charge on any atom is -0.508 e. The van der Waals surface area contributed by atoms with Crippen LogP contribution in [0, 0.1) is 13.8 Å². The summed E-state index contributed by atoms with van der Waals surface area (Å²) in [6, 6.07) is 12.7. The molecule has 0 bridgehead atoms. The molecule has 0 saturated carbocycles. The Labute approximate surface area is 143 Å². The van der Waals surface area contributed by atoms with Crippen molar-refractivity contribution in [2.45, 2.75) is 19.0 Å². The third-order valence-corrected chi connectivity index (χ3v) is 4.50. The summed E-state index contributed by atoms with van der Waals surface area (Å²) in [5, 5.41) is 21.9. The molecule has 0 unspecified atom stereocenters. The Morgan fingerprint density at radius 1 is 1.17 bits per heavy atom. The maximum Gasteiger partial charge on any atom is 0.214 e. The second-order valence-electron chi connectivity index (χ2n) is 5.42. The van der Waals surface area contributed by atoms with Crippen LogP contribution >= 0.6 is 11.8 Å². The van der Waals surface area contributed by atoms with Gasteiger partial charge in [0.15, 0.2) is 5.78 Å². The molecular formula is C17H16N4O2S. The number of tetrazole rings is 1. The lowest BCUT2D eigenvalue weighted by Gasteiger charge is -2.05. The van der Waals surface area contributed by atoms with Crippen LogP contribution < -0.4 is 0 Å². The highest BCUT2D eigenvalue weighted by Gasteiger charge is 2.13. The highest BCUT2D eigenvalue weighted by Crippen LogP contribution is 2.22. The zero-order chi connectivity index (χ0) is 17.1. The van der Waals surface area contributed by atoms with Gasteiger partial charge in [-0.1, -0.05) is 41.6 Å². The monoisotopic (exact) mass is 340 g/mol. The molecule has 0 spiro atoms. The fourth-order valence-corrected chi connectivity index (χ4v) is 2.90. The molecule has 3 aromatic rings. The van der Waals surface area contributed by atoms with Gasteiger partial charge in [-0.2, -0.15) is 4.68 Å². The summed E-state index contributed by atoms with van der Waals surface area (Å²) >= 11 is 1.26. The molecule has 122 valence electrons. The number of rotatable bonds is 5. The molecule has 3 rings (SSSR count). The van der Waals surface area contributed by atoms with Gasteiger partial charge in [0.05, 0.1) is 11.4 Å². The molecule has 0 aliphatic heterocycles. The molecule has 1 heterocycles. The molecule has 24 heavy (non-hydrogen) atoms. The van der Waals surface area contributed by atoms with Crippen molar-refractivity contribution in [3.8, 4) is 11.4 Å². The van der Waals surface area contributed by atoms with E-state index in [1.54, 1.807) is 23.7 Å². The first-order valence-corrected chi connectivity index (χ1v) is 8.34. The predicted octanol–water partition coefficient (Wildman–Crippen LogP) is 2.96. The van der Waals surface area contributed by atoms with Crippen LogP contribution in [-0.4, -0.2) is 36.8 Å². The number of Topliss-reactive ketones (excluding diaryl/α,β-unsaturated/α-hetero) is 1. The van der Waals surface area contributed by atoms with Crippen molar-refractivity contribution in [1.82, 2.24) is 20.2 Å². The number of phenolic OH excluding ortho intramolecular Hbond substituents is 1. The first-order chi connectivity index (χ1) is 11.5. The Morgan fingerprint density at radius 3 is 2.62 bits per heavy atom. The van der Waals surface area contributed by atoms with Gasteiger partial charge < -0.3 is 5.11 Å². The number of aryl methyl sites for hydroxylation is 2. The molecule has 0 atom stereocenters. The van der Waals surface area contributed by atoms with Gasteiger partial charge in [-0.15, -0.1) is 5.10 Å². The van der Waals surface area contributed by atoms with Gasteiger partial charge in [0.1, 0.15) is 5.75 Å². The van der Waals surface area contributed by atoms with Gasteiger partial charge in [0, 0.05) is 5.56 Å². The van der Waals surface area contributed by atoms with Gasteiger partial charge in [-0.05, 0) is 48.0 Å². The molecule has 0 saturated heterocycles. The number of carbonyl (C=O) groups is 1. The van der Waals surface area contributed by atoms with E-state index in [0.717, 1.165) is 16.8 Å². The number of carbonyl (C=O) groups excluding carboxylic acids is 1. The van der Waals surface area contributed by atoms with E-state index >= 15 is 0 Å². The van der Waals surface area contributed by atoms with E-state index in [-0.39, 0.29) is 17.3 Å². The summed E-state index contributed by atoms with van der Waals surface area (Å²) in [7, 11) is 0. The number of aromatic nitrogens is 4. The Balaban J connectivity index is 1.73. The van der Waals surface area contributed by atoms with E-state index in [1.165, 1.54) is 17.8 Å². The van der Waals surface area contributed by atoms with E-state index in [1.807, 2.05) is 31.2 Å². The molecule has 6 nitrogen and oxygen atoms in total. The van der Waals surface area contributed by atoms with E-state index in [4.69, 9.17) is 0 Å². The number of ketones is 1. The lowest BCUT2D eigenvalue weighted by molar-refractivity contribution is 0.102. The quantitative estimate of drug-likeness (QED) is 0.568. The van der Waals surface area contributed by atoms with Crippen molar-refractivity contribution >= 4 is 17.5 Å². The number of phenols is 1. The van der Waals surface area contributed by atoms with Crippen LogP contribution in [0.4, 0.5) is 0 Å². The molecule has 1 aromatic heterocycles. The maximum absolute atomic E-state index is 12.3. The number of aromatic hydroxyl groups is 1. The summed E-state index contributed by atoms with van der Waals surface area (Å²) in [6.07, 6.45) is 0. The number of thioether (sulfide) groups is 1. The van der Waals surface area contributed by atoms with Crippen LogP contribution in [0.2, 0.25) is 0 Å². The van der Waals surface area contributed by atoms with E-state index < -0.39 is 0 Å². The largest absolute Gasteiger partial charge is 0.508 e. The zero-order valence-corrected chi connectivity index (χ0v) is 14.1. The fraction of sp³-hybridized carbons (Fsp3) is 0.176. The van der Waals surface area contributed by atoms with E-state index in [2.05, 4.69) is 15.5 Å². The lowest BCUT2D eigenvalue weighted by atomic mass is 10.1. The minimum atomic E-state index is -0.0891. The summed E-state index contributed by atoms with van der Waals surface area (Å²) < 4.78 is 1.60. The average molecular weight is 340 g/mol. The average Bonchev–Trinajstić information content (AvgIpc) is 3.04. The SMILES string of the molecule is Cc1ccc(-n2nnnc2SCC(=O)c2ccc(C)c(O)c2)cc1. The second-order valence-corrected chi connectivity index (χ2v) is 6.36. The molecule has 0 aliphatic rings. The molecule has 0 amide bonds. The molecule has 0 aliphatic carbocycles. The lowest BCUT2D eigenvalue weighted by Crippen LogP contribution is -2.05. The van der Waals surface area contributed by atoms with Crippen LogP contribution in [-0.2, 0) is 0 Å². The van der Waals surface area contributed by atoms with Gasteiger partial charge in [-0.25, -0.2) is 0 Å². The first kappa shape index (κ1) is 16.2. The first-order valence-electron chi connectivity index (χ1n) is 7.35. The van der Waals surface area contributed by atoms with Crippen LogP contribution in [0.25, 0.3) is 5.69 Å². The number of hydrogen-bond acceptors (Lipinski definition) is 6. The third-order valence-electron chi connectivity index (χ3n) is 3.58. The number of benzene rings is 2. The standard InChI is InChI=1S/C17H16N4O2S/c1-11-3-7-14(8-4-11)21-17(18-19-20-21)24-10-16(23)13-6-5-12(2)15(22)9-13/h3-9,22H,10H2,1-2H3. The van der Waals surface area contributed by atoms with Crippen LogP contribution in [0.5, 0.6) is 5.75 Å². The van der Waals surface area contributed by atoms with Gasteiger partial charge in [-0.3, -0.25) is 4.79 Å². The molecule has 2 aromatic carbocycles. The summed E-state index contributed by atoms with van der Waals surface area (Å²) in [4.78, 5) is 12.3. The van der Waals surface area contributed by atoms with Crippen molar-refractivity contribution in [3.05, 3.63) is 59.2 Å². The second kappa shape index (κ2) is 6.84. The summed E-state index contributed by atoms with van der Waals surface area (Å²) in [5.74, 6) is 0.221. The maximum atomic E-state index is 12.3. The van der Waals surface area contributed by atoms with Crippen LogP contribution in [0.15, 0.2) is 47.6 Å². The summed E-state index contributed by atoms with van der Waals surface area (Å²) in [5.41, 5.74) is 3.20.